The van der Waals surface area contributed by atoms with E-state index in [2.05, 4.69) is 5.32 Å². The van der Waals surface area contributed by atoms with Crippen LogP contribution in [0.25, 0.3) is 0 Å². The van der Waals surface area contributed by atoms with Crippen molar-refractivity contribution < 1.29 is 27.6 Å². The van der Waals surface area contributed by atoms with Gasteiger partial charge < -0.3 is 14.8 Å². The Bertz CT molecular complexity index is 1260. The normalized spacial score (nSPS) is 10.9. The maximum atomic E-state index is 13.3. The summed E-state index contributed by atoms with van der Waals surface area (Å²) < 4.78 is 38.0. The Morgan fingerprint density at radius 2 is 1.62 bits per heavy atom. The quantitative estimate of drug-likeness (QED) is 0.345. The zero-order chi connectivity index (χ0) is 24.7. The lowest BCUT2D eigenvalue weighted by molar-refractivity contribution is -0.384. The minimum absolute atomic E-state index is 0.0129. The summed E-state index contributed by atoms with van der Waals surface area (Å²) in [6, 6.07) is 17.7. The molecule has 0 fully saturated rings. The van der Waals surface area contributed by atoms with Crippen LogP contribution in [0.5, 0.6) is 11.5 Å². The van der Waals surface area contributed by atoms with Crippen molar-refractivity contribution in [1.82, 2.24) is 5.32 Å². The molecule has 0 aromatic heterocycles. The van der Waals surface area contributed by atoms with Crippen LogP contribution < -0.4 is 19.1 Å². The van der Waals surface area contributed by atoms with Crippen LogP contribution in [0.4, 0.5) is 11.4 Å². The first-order valence-corrected chi connectivity index (χ1v) is 11.5. The van der Waals surface area contributed by atoms with Crippen molar-refractivity contribution in [1.29, 1.82) is 0 Å². The summed E-state index contributed by atoms with van der Waals surface area (Å²) >= 11 is 0. The van der Waals surface area contributed by atoms with E-state index in [1.807, 2.05) is 0 Å². The van der Waals surface area contributed by atoms with E-state index in [1.54, 1.807) is 36.4 Å². The molecule has 0 aliphatic rings. The third kappa shape index (κ3) is 5.62. The van der Waals surface area contributed by atoms with Gasteiger partial charge >= 0.3 is 0 Å². The molecule has 0 aliphatic carbocycles. The SMILES string of the molecule is COc1ccc(CNC(=O)CN(c2ccc([N+](=O)[O-])cc2)S(=O)(=O)c2ccccc2)cc1OC. The number of rotatable bonds is 10. The molecule has 0 saturated carbocycles. The molecule has 0 bridgehead atoms. The first-order valence-electron chi connectivity index (χ1n) is 10.1. The van der Waals surface area contributed by atoms with Gasteiger partial charge in [-0.05, 0) is 42.0 Å². The van der Waals surface area contributed by atoms with Gasteiger partial charge in [0.2, 0.25) is 5.91 Å². The fourth-order valence-corrected chi connectivity index (χ4v) is 4.59. The number of nitrogens with zero attached hydrogens (tertiary/aromatic N) is 2. The number of anilines is 1. The molecule has 10 nitrogen and oxygen atoms in total. The number of ether oxygens (including phenoxy) is 2. The van der Waals surface area contributed by atoms with Crippen LogP contribution in [-0.4, -0.2) is 40.0 Å². The van der Waals surface area contributed by atoms with Crippen molar-refractivity contribution in [3.8, 4) is 11.5 Å². The van der Waals surface area contributed by atoms with Crippen molar-refractivity contribution in [3.63, 3.8) is 0 Å². The van der Waals surface area contributed by atoms with Crippen molar-refractivity contribution >= 4 is 27.3 Å². The average molecular weight is 486 g/mol. The Hall–Kier alpha value is -4.12. The lowest BCUT2D eigenvalue weighted by atomic mass is 10.2. The maximum Gasteiger partial charge on any atom is 0.269 e. The number of hydrogen-bond donors (Lipinski definition) is 1. The number of carbonyl (C=O) groups excluding carboxylic acids is 1. The van der Waals surface area contributed by atoms with Crippen LogP contribution in [0.3, 0.4) is 0 Å². The number of nitrogens with one attached hydrogen (secondary N) is 1. The summed E-state index contributed by atoms with van der Waals surface area (Å²) in [5, 5.41) is 13.7. The van der Waals surface area contributed by atoms with Gasteiger partial charge in [-0.15, -0.1) is 0 Å². The second kappa shape index (κ2) is 10.7. The van der Waals surface area contributed by atoms with E-state index in [0.717, 1.165) is 9.87 Å². The minimum atomic E-state index is -4.12. The highest BCUT2D eigenvalue weighted by Gasteiger charge is 2.27. The van der Waals surface area contributed by atoms with Crippen molar-refractivity contribution in [2.75, 3.05) is 25.1 Å². The number of hydrogen-bond acceptors (Lipinski definition) is 7. The highest BCUT2D eigenvalue weighted by molar-refractivity contribution is 7.92. The third-order valence-electron chi connectivity index (χ3n) is 4.90. The van der Waals surface area contributed by atoms with Crippen LogP contribution in [0.1, 0.15) is 5.56 Å². The molecule has 0 atom stereocenters. The van der Waals surface area contributed by atoms with E-state index in [1.165, 1.54) is 50.6 Å². The number of sulfonamides is 1. The van der Waals surface area contributed by atoms with Crippen molar-refractivity contribution in [3.05, 3.63) is 88.5 Å². The van der Waals surface area contributed by atoms with Crippen molar-refractivity contribution in [2.24, 2.45) is 0 Å². The lowest BCUT2D eigenvalue weighted by Gasteiger charge is -2.24. The fraction of sp³-hybridized carbons (Fsp3) is 0.174. The molecule has 3 aromatic rings. The molecule has 178 valence electrons. The monoisotopic (exact) mass is 485 g/mol. The van der Waals surface area contributed by atoms with Crippen LogP contribution in [0.15, 0.2) is 77.7 Å². The Balaban J connectivity index is 1.84. The van der Waals surface area contributed by atoms with Gasteiger partial charge in [0.25, 0.3) is 15.7 Å². The minimum Gasteiger partial charge on any atom is -0.493 e. The number of methoxy groups -OCH3 is 2. The van der Waals surface area contributed by atoms with E-state index in [4.69, 9.17) is 9.47 Å². The molecule has 0 unspecified atom stereocenters. The van der Waals surface area contributed by atoms with Crippen molar-refractivity contribution in [2.45, 2.75) is 11.4 Å². The van der Waals surface area contributed by atoms with E-state index in [-0.39, 0.29) is 22.8 Å². The van der Waals surface area contributed by atoms with E-state index in [9.17, 15) is 23.3 Å². The lowest BCUT2D eigenvalue weighted by Crippen LogP contribution is -2.40. The summed E-state index contributed by atoms with van der Waals surface area (Å²) in [7, 11) is -1.11. The van der Waals surface area contributed by atoms with Gasteiger partial charge in [-0.3, -0.25) is 19.2 Å². The summed E-state index contributed by atoms with van der Waals surface area (Å²) in [6.07, 6.45) is 0. The number of nitro benzene ring substituents is 1. The molecule has 11 heteroatoms. The van der Waals surface area contributed by atoms with Gasteiger partial charge in [0.05, 0.1) is 29.7 Å². The zero-order valence-corrected chi connectivity index (χ0v) is 19.3. The molecule has 3 aromatic carbocycles. The number of amides is 1. The standard InChI is InChI=1S/C23H23N3O7S/c1-32-21-13-8-17(14-22(21)33-2)15-24-23(27)16-25(18-9-11-19(12-10-18)26(28)29)34(30,31)20-6-4-3-5-7-20/h3-14H,15-16H2,1-2H3,(H,24,27). The van der Waals surface area contributed by atoms with Gasteiger partial charge in [0.15, 0.2) is 11.5 Å². The predicted octanol–water partition coefficient (Wildman–Crippen LogP) is 3.12. The van der Waals surface area contributed by atoms with E-state index in [0.29, 0.717) is 11.5 Å². The average Bonchev–Trinajstić information content (AvgIpc) is 2.86. The van der Waals surface area contributed by atoms with Crippen LogP contribution >= 0.6 is 0 Å². The maximum absolute atomic E-state index is 13.3. The van der Waals surface area contributed by atoms with Gasteiger partial charge in [0, 0.05) is 18.7 Å². The summed E-state index contributed by atoms with van der Waals surface area (Å²) in [6.45, 7) is -0.402. The van der Waals surface area contributed by atoms with Gasteiger partial charge in [-0.2, -0.15) is 0 Å². The molecule has 1 amide bonds. The first kappa shape index (κ1) is 24.5. The fourth-order valence-electron chi connectivity index (χ4n) is 3.15. The van der Waals surface area contributed by atoms with Crippen LogP contribution in [-0.2, 0) is 21.4 Å². The Morgan fingerprint density at radius 3 is 2.21 bits per heavy atom. The molecular formula is C23H23N3O7S. The molecule has 0 radical (unpaired) electrons. The second-order valence-corrected chi connectivity index (χ2v) is 8.93. The summed E-state index contributed by atoms with van der Waals surface area (Å²) in [5.41, 5.74) is 0.647. The zero-order valence-electron chi connectivity index (χ0n) is 18.5. The molecule has 34 heavy (non-hydrogen) atoms. The molecule has 1 N–H and O–H groups in total. The predicted molar refractivity (Wildman–Crippen MR) is 125 cm³/mol. The molecule has 0 saturated heterocycles. The van der Waals surface area contributed by atoms with Gasteiger partial charge in [0.1, 0.15) is 6.54 Å². The Labute approximate surface area is 196 Å². The smallest absolute Gasteiger partial charge is 0.269 e. The number of benzene rings is 3. The number of carbonyl (C=O) groups is 1. The first-order chi connectivity index (χ1) is 16.3. The molecule has 3 rings (SSSR count). The number of non-ortho nitro benzene ring substituents is 1. The number of nitro groups is 1. The Morgan fingerprint density at radius 1 is 0.971 bits per heavy atom. The summed E-state index contributed by atoms with van der Waals surface area (Å²) in [4.78, 5) is 23.1. The second-order valence-electron chi connectivity index (χ2n) is 7.06. The van der Waals surface area contributed by atoms with E-state index >= 15 is 0 Å². The third-order valence-corrected chi connectivity index (χ3v) is 6.69. The molecule has 0 aliphatic heterocycles. The highest BCUT2D eigenvalue weighted by atomic mass is 32.2. The van der Waals surface area contributed by atoms with Gasteiger partial charge in [-0.1, -0.05) is 24.3 Å². The van der Waals surface area contributed by atoms with Crippen LogP contribution in [0, 0.1) is 10.1 Å². The van der Waals surface area contributed by atoms with Gasteiger partial charge in [-0.25, -0.2) is 8.42 Å². The topological polar surface area (TPSA) is 128 Å². The summed E-state index contributed by atoms with van der Waals surface area (Å²) in [5.74, 6) is 0.469. The van der Waals surface area contributed by atoms with Crippen LogP contribution in [0.2, 0.25) is 0 Å². The molecular weight excluding hydrogens is 462 g/mol. The molecule has 0 heterocycles. The highest BCUT2D eigenvalue weighted by Crippen LogP contribution is 2.28. The molecule has 0 spiro atoms. The Kier molecular flexibility index (Phi) is 7.69. The van der Waals surface area contributed by atoms with E-state index < -0.39 is 27.4 Å². The largest absolute Gasteiger partial charge is 0.493 e.